The zero-order chi connectivity index (χ0) is 21.2. The molecule has 1 saturated carbocycles. The van der Waals surface area contributed by atoms with Crippen molar-refractivity contribution in [1.29, 1.82) is 5.26 Å². The van der Waals surface area contributed by atoms with E-state index in [9.17, 15) is 14.9 Å². The summed E-state index contributed by atoms with van der Waals surface area (Å²) in [5.74, 6) is -0.344. The SMILES string of the molecule is Cc1occ2ccc(C#N)c(C(=O)NC(C(=O)OC3CCCCC3)C(C)(C)C)c12. The maximum atomic E-state index is 13.2. The molecule has 0 spiro atoms. The molecule has 0 bridgehead atoms. The van der Waals surface area contributed by atoms with Crippen LogP contribution in [0.5, 0.6) is 0 Å². The Morgan fingerprint density at radius 2 is 1.93 bits per heavy atom. The van der Waals surface area contributed by atoms with Gasteiger partial charge in [0, 0.05) is 10.8 Å². The number of esters is 1. The monoisotopic (exact) mass is 396 g/mol. The number of benzene rings is 1. The number of amides is 1. The zero-order valence-corrected chi connectivity index (χ0v) is 17.5. The number of furan rings is 1. The summed E-state index contributed by atoms with van der Waals surface area (Å²) in [4.78, 5) is 26.2. The van der Waals surface area contributed by atoms with Crippen LogP contribution in [0.15, 0.2) is 22.8 Å². The summed E-state index contributed by atoms with van der Waals surface area (Å²) in [6.45, 7) is 7.40. The van der Waals surface area contributed by atoms with E-state index < -0.39 is 23.3 Å². The molecule has 6 heteroatoms. The van der Waals surface area contributed by atoms with E-state index in [1.54, 1.807) is 25.3 Å². The molecule has 1 atom stereocenters. The molecule has 1 unspecified atom stereocenters. The number of carbonyl (C=O) groups excluding carboxylic acids is 2. The van der Waals surface area contributed by atoms with E-state index in [1.165, 1.54) is 6.42 Å². The van der Waals surface area contributed by atoms with E-state index >= 15 is 0 Å². The van der Waals surface area contributed by atoms with Crippen LogP contribution in [-0.2, 0) is 9.53 Å². The summed E-state index contributed by atoms with van der Waals surface area (Å²) in [6, 6.07) is 4.59. The lowest BCUT2D eigenvalue weighted by atomic mass is 9.86. The molecule has 1 N–H and O–H groups in total. The third-order valence-corrected chi connectivity index (χ3v) is 5.51. The number of rotatable bonds is 4. The lowest BCUT2D eigenvalue weighted by Crippen LogP contribution is -2.51. The average Bonchev–Trinajstić information content (AvgIpc) is 3.06. The molecule has 1 aromatic carbocycles. The van der Waals surface area contributed by atoms with Gasteiger partial charge in [0.1, 0.15) is 17.9 Å². The van der Waals surface area contributed by atoms with Gasteiger partial charge in [-0.2, -0.15) is 5.26 Å². The molecule has 3 rings (SSSR count). The highest BCUT2D eigenvalue weighted by Crippen LogP contribution is 2.29. The van der Waals surface area contributed by atoms with Crippen molar-refractivity contribution in [2.24, 2.45) is 5.41 Å². The Bertz CT molecular complexity index is 956. The Labute approximate surface area is 171 Å². The van der Waals surface area contributed by atoms with Gasteiger partial charge in [0.15, 0.2) is 0 Å². The first-order valence-corrected chi connectivity index (χ1v) is 10.1. The van der Waals surface area contributed by atoms with Crippen LogP contribution >= 0.6 is 0 Å². The second kappa shape index (κ2) is 8.28. The molecule has 0 saturated heterocycles. The van der Waals surface area contributed by atoms with Crippen molar-refractivity contribution < 1.29 is 18.7 Å². The van der Waals surface area contributed by atoms with Gasteiger partial charge in [0.05, 0.1) is 23.5 Å². The van der Waals surface area contributed by atoms with Crippen molar-refractivity contribution in [2.45, 2.75) is 71.9 Å². The fraction of sp³-hybridized carbons (Fsp3) is 0.522. The number of hydrogen-bond acceptors (Lipinski definition) is 5. The van der Waals surface area contributed by atoms with Crippen molar-refractivity contribution >= 4 is 22.6 Å². The van der Waals surface area contributed by atoms with Crippen LogP contribution < -0.4 is 5.32 Å². The number of aryl methyl sites for hydroxylation is 1. The normalized spacial score (nSPS) is 16.2. The molecule has 1 fully saturated rings. The number of fused-ring (bicyclic) bond motifs is 1. The molecule has 6 nitrogen and oxygen atoms in total. The van der Waals surface area contributed by atoms with Gasteiger partial charge in [-0.05, 0) is 50.2 Å². The molecule has 154 valence electrons. The minimum Gasteiger partial charge on any atom is -0.468 e. The Morgan fingerprint density at radius 1 is 1.24 bits per heavy atom. The molecule has 1 aliphatic rings. The van der Waals surface area contributed by atoms with Crippen molar-refractivity contribution in [3.8, 4) is 6.07 Å². The number of ether oxygens (including phenoxy) is 1. The van der Waals surface area contributed by atoms with Gasteiger partial charge >= 0.3 is 5.97 Å². The lowest BCUT2D eigenvalue weighted by Gasteiger charge is -2.32. The van der Waals surface area contributed by atoms with Gasteiger partial charge in [-0.3, -0.25) is 4.79 Å². The first-order valence-electron chi connectivity index (χ1n) is 10.1. The highest BCUT2D eigenvalue weighted by Gasteiger charge is 2.36. The fourth-order valence-corrected chi connectivity index (χ4v) is 3.88. The van der Waals surface area contributed by atoms with Crippen molar-refractivity contribution in [2.75, 3.05) is 0 Å². The smallest absolute Gasteiger partial charge is 0.329 e. The highest BCUT2D eigenvalue weighted by atomic mass is 16.5. The second-order valence-corrected chi connectivity index (χ2v) is 8.83. The number of nitrogens with zero attached hydrogens (tertiary/aromatic N) is 1. The molecule has 1 aromatic heterocycles. The van der Waals surface area contributed by atoms with Crippen LogP contribution in [0.2, 0.25) is 0 Å². The lowest BCUT2D eigenvalue weighted by molar-refractivity contribution is -0.155. The summed E-state index contributed by atoms with van der Waals surface area (Å²) in [5, 5.41) is 13.7. The second-order valence-electron chi connectivity index (χ2n) is 8.83. The van der Waals surface area contributed by atoms with E-state index in [0.717, 1.165) is 31.1 Å². The van der Waals surface area contributed by atoms with Crippen molar-refractivity contribution in [3.05, 3.63) is 35.3 Å². The average molecular weight is 396 g/mol. The first-order chi connectivity index (χ1) is 13.7. The summed E-state index contributed by atoms with van der Waals surface area (Å²) < 4.78 is 11.2. The van der Waals surface area contributed by atoms with Crippen LogP contribution in [0, 0.1) is 23.7 Å². The quantitative estimate of drug-likeness (QED) is 0.761. The summed E-state index contributed by atoms with van der Waals surface area (Å²) >= 11 is 0. The largest absolute Gasteiger partial charge is 0.468 e. The third kappa shape index (κ3) is 4.45. The minimum absolute atomic E-state index is 0.0905. The molecule has 1 aliphatic carbocycles. The number of nitrogens with one attached hydrogen (secondary N) is 1. The Balaban J connectivity index is 1.90. The Morgan fingerprint density at radius 3 is 2.55 bits per heavy atom. The van der Waals surface area contributed by atoms with Crippen LogP contribution in [0.25, 0.3) is 10.8 Å². The predicted octanol–water partition coefficient (Wildman–Crippen LogP) is 4.63. The van der Waals surface area contributed by atoms with Crippen LogP contribution in [0.3, 0.4) is 0 Å². The highest BCUT2D eigenvalue weighted by molar-refractivity contribution is 6.10. The summed E-state index contributed by atoms with van der Waals surface area (Å²) in [5.41, 5.74) is -0.0723. The van der Waals surface area contributed by atoms with E-state index in [4.69, 9.17) is 9.15 Å². The number of carbonyl (C=O) groups is 2. The van der Waals surface area contributed by atoms with Gasteiger partial charge < -0.3 is 14.5 Å². The van der Waals surface area contributed by atoms with Gasteiger partial charge in [-0.25, -0.2) is 4.79 Å². The van der Waals surface area contributed by atoms with Crippen LogP contribution in [-0.4, -0.2) is 24.0 Å². The van der Waals surface area contributed by atoms with Crippen LogP contribution in [0.4, 0.5) is 0 Å². The fourth-order valence-electron chi connectivity index (χ4n) is 3.88. The third-order valence-electron chi connectivity index (χ3n) is 5.51. The van der Waals surface area contributed by atoms with Crippen molar-refractivity contribution in [1.82, 2.24) is 5.32 Å². The zero-order valence-electron chi connectivity index (χ0n) is 17.5. The molecular formula is C23H28N2O4. The topological polar surface area (TPSA) is 92.3 Å². The first kappa shape index (κ1) is 20.9. The predicted molar refractivity (Wildman–Crippen MR) is 109 cm³/mol. The Kier molecular flexibility index (Phi) is 5.97. The van der Waals surface area contributed by atoms with Gasteiger partial charge in [-0.1, -0.05) is 27.2 Å². The van der Waals surface area contributed by atoms with Gasteiger partial charge in [-0.15, -0.1) is 0 Å². The molecular weight excluding hydrogens is 368 g/mol. The summed E-state index contributed by atoms with van der Waals surface area (Å²) in [7, 11) is 0. The molecule has 1 heterocycles. The van der Waals surface area contributed by atoms with Crippen LogP contribution in [0.1, 0.15) is 74.6 Å². The van der Waals surface area contributed by atoms with E-state index in [0.29, 0.717) is 11.1 Å². The van der Waals surface area contributed by atoms with Crippen molar-refractivity contribution in [3.63, 3.8) is 0 Å². The maximum absolute atomic E-state index is 13.2. The maximum Gasteiger partial charge on any atom is 0.329 e. The van der Waals surface area contributed by atoms with E-state index in [-0.39, 0.29) is 17.2 Å². The molecule has 29 heavy (non-hydrogen) atoms. The van der Waals surface area contributed by atoms with E-state index in [2.05, 4.69) is 11.4 Å². The Hall–Kier alpha value is -2.81. The standard InChI is InChI=1S/C23H28N2O4/c1-14-18-16(13-28-14)11-10-15(12-24)19(18)21(26)25-20(23(2,3)4)22(27)29-17-8-6-5-7-9-17/h10-11,13,17,20H,5-9H2,1-4H3,(H,25,26). The van der Waals surface area contributed by atoms with Gasteiger partial charge in [0.25, 0.3) is 5.91 Å². The van der Waals surface area contributed by atoms with Gasteiger partial charge in [0.2, 0.25) is 0 Å². The molecule has 1 amide bonds. The molecule has 0 aliphatic heterocycles. The molecule has 2 aromatic rings. The molecule has 0 radical (unpaired) electrons. The number of hydrogen-bond donors (Lipinski definition) is 1. The minimum atomic E-state index is -0.828. The van der Waals surface area contributed by atoms with E-state index in [1.807, 2.05) is 20.8 Å². The summed E-state index contributed by atoms with van der Waals surface area (Å²) in [6.07, 6.45) is 6.47. The number of nitriles is 1.